The van der Waals surface area contributed by atoms with Crippen molar-refractivity contribution in [1.82, 2.24) is 0 Å². The molecule has 0 spiro atoms. The average Bonchev–Trinajstić information content (AvgIpc) is 2.36. The monoisotopic (exact) mass is 388 g/mol. The molecule has 2 atom stereocenters. The predicted octanol–water partition coefficient (Wildman–Crippen LogP) is 3.96. The van der Waals surface area contributed by atoms with Gasteiger partial charge in [0.15, 0.2) is 13.5 Å². The molecule has 108 valence electrons. The molecule has 0 unspecified atom stereocenters. The molecular weight excluding hydrogens is 375 g/mol. The van der Waals surface area contributed by atoms with Gasteiger partial charge in [-0.25, -0.2) is 8.42 Å². The van der Waals surface area contributed by atoms with Crippen LogP contribution < -0.4 is 0 Å². The van der Waals surface area contributed by atoms with Crippen LogP contribution in [0.1, 0.15) is 31.9 Å². The molecule has 7 heteroatoms. The first kappa shape index (κ1) is 17.2. The summed E-state index contributed by atoms with van der Waals surface area (Å²) in [6.07, 6.45) is -1.06. The highest BCUT2D eigenvalue weighted by atomic mass is 79.9. The molecule has 1 N–H and O–H groups in total. The quantitative estimate of drug-likeness (QED) is 0.775. The smallest absolute Gasteiger partial charge is 0.168 e. The summed E-state index contributed by atoms with van der Waals surface area (Å²) in [4.78, 5) is 0. The van der Waals surface area contributed by atoms with Crippen molar-refractivity contribution in [3.8, 4) is 0 Å². The van der Waals surface area contributed by atoms with E-state index in [2.05, 4.69) is 15.9 Å². The van der Waals surface area contributed by atoms with Crippen molar-refractivity contribution in [3.05, 3.63) is 33.8 Å². The molecule has 0 aliphatic heterocycles. The Labute approximate surface area is 132 Å². The second-order valence-electron chi connectivity index (χ2n) is 4.11. The maximum Gasteiger partial charge on any atom is 0.168 e. The van der Waals surface area contributed by atoms with E-state index < -0.39 is 19.6 Å². The van der Waals surface area contributed by atoms with Gasteiger partial charge in [-0.1, -0.05) is 59.0 Å². The van der Waals surface area contributed by atoms with E-state index in [1.165, 1.54) is 19.1 Å². The average molecular weight is 390 g/mol. The highest BCUT2D eigenvalue weighted by Gasteiger charge is 2.46. The van der Waals surface area contributed by atoms with Crippen LogP contribution in [0.3, 0.4) is 0 Å². The third-order valence-corrected chi connectivity index (χ3v) is 8.39. The molecule has 0 heterocycles. The molecule has 3 nitrogen and oxygen atoms in total. The molecule has 0 aromatic heterocycles. The summed E-state index contributed by atoms with van der Waals surface area (Å²) >= 11 is 15.0. The van der Waals surface area contributed by atoms with Gasteiger partial charge in [-0.05, 0) is 18.6 Å². The summed E-state index contributed by atoms with van der Waals surface area (Å²) in [6, 6.07) is 4.57. The number of halogens is 3. The number of alkyl halides is 1. The van der Waals surface area contributed by atoms with E-state index in [1.54, 1.807) is 13.0 Å². The topological polar surface area (TPSA) is 54.4 Å². The van der Waals surface area contributed by atoms with E-state index in [9.17, 15) is 13.5 Å². The van der Waals surface area contributed by atoms with E-state index in [-0.39, 0.29) is 17.2 Å². The van der Waals surface area contributed by atoms with E-state index in [0.717, 1.165) is 0 Å². The molecule has 1 rings (SSSR count). The summed E-state index contributed by atoms with van der Waals surface area (Å²) < 4.78 is 22.9. The minimum Gasteiger partial charge on any atom is -0.386 e. The van der Waals surface area contributed by atoms with E-state index in [0.29, 0.717) is 10.6 Å². The van der Waals surface area contributed by atoms with Crippen molar-refractivity contribution in [3.63, 3.8) is 0 Å². The van der Waals surface area contributed by atoms with E-state index >= 15 is 0 Å². The van der Waals surface area contributed by atoms with Crippen LogP contribution in [0.5, 0.6) is 0 Å². The highest BCUT2D eigenvalue weighted by Crippen LogP contribution is 2.44. The van der Waals surface area contributed by atoms with Gasteiger partial charge >= 0.3 is 0 Å². The standard InChI is InChI=1S/C12H15BrCl2O3S/c1-3-12(13,19(17,18)4-2)11(16)9-6-5-8(14)7-10(9)15/h5-7,11,16H,3-4H2,1-2H3/t11-,12-/m1/s1. The van der Waals surface area contributed by atoms with Crippen LogP contribution in [0.4, 0.5) is 0 Å². The lowest BCUT2D eigenvalue weighted by Crippen LogP contribution is -2.39. The Bertz CT molecular complexity index is 562. The molecule has 0 saturated heterocycles. The molecule has 0 aliphatic carbocycles. The first-order valence-electron chi connectivity index (χ1n) is 5.73. The van der Waals surface area contributed by atoms with Gasteiger partial charge in [-0.3, -0.25) is 0 Å². The lowest BCUT2D eigenvalue weighted by Gasteiger charge is -2.31. The number of sulfone groups is 1. The fraction of sp³-hybridized carbons (Fsp3) is 0.500. The third-order valence-electron chi connectivity index (χ3n) is 3.04. The van der Waals surface area contributed by atoms with Crippen molar-refractivity contribution in [1.29, 1.82) is 0 Å². The second-order valence-corrected chi connectivity index (χ2v) is 9.43. The minimum absolute atomic E-state index is 0.0750. The molecule has 0 amide bonds. The number of aliphatic hydroxyl groups is 1. The summed E-state index contributed by atoms with van der Waals surface area (Å²) in [7, 11) is -3.51. The summed E-state index contributed by atoms with van der Waals surface area (Å²) in [5.41, 5.74) is 0.335. The Hall–Kier alpha value is 0.190. The van der Waals surface area contributed by atoms with Crippen molar-refractivity contribution in [2.45, 2.75) is 30.0 Å². The molecule has 0 bridgehead atoms. The number of hydrogen-bond donors (Lipinski definition) is 1. The van der Waals surface area contributed by atoms with Gasteiger partial charge < -0.3 is 5.11 Å². The highest BCUT2D eigenvalue weighted by molar-refractivity contribution is 9.11. The zero-order valence-corrected chi connectivity index (χ0v) is 14.4. The van der Waals surface area contributed by atoms with Gasteiger partial charge in [0.1, 0.15) is 6.10 Å². The summed E-state index contributed by atoms with van der Waals surface area (Å²) in [6.45, 7) is 3.23. The van der Waals surface area contributed by atoms with Crippen LogP contribution in [0.15, 0.2) is 18.2 Å². The fourth-order valence-electron chi connectivity index (χ4n) is 1.78. The molecule has 1 aromatic carbocycles. The first-order chi connectivity index (χ1) is 8.69. The lowest BCUT2D eigenvalue weighted by atomic mass is 10.0. The van der Waals surface area contributed by atoms with Crippen molar-refractivity contribution in [2.24, 2.45) is 0 Å². The molecule has 0 aliphatic rings. The van der Waals surface area contributed by atoms with Crippen molar-refractivity contribution < 1.29 is 13.5 Å². The summed E-state index contributed by atoms with van der Waals surface area (Å²) in [5.74, 6) is -0.0750. The van der Waals surface area contributed by atoms with Crippen molar-refractivity contribution >= 4 is 49.0 Å². The van der Waals surface area contributed by atoms with Crippen LogP contribution in [-0.4, -0.2) is 22.9 Å². The van der Waals surface area contributed by atoms with Gasteiger partial charge in [0.2, 0.25) is 0 Å². The van der Waals surface area contributed by atoms with Gasteiger partial charge in [0, 0.05) is 21.4 Å². The first-order valence-corrected chi connectivity index (χ1v) is 8.94. The van der Waals surface area contributed by atoms with Gasteiger partial charge in [0.05, 0.1) is 0 Å². The van der Waals surface area contributed by atoms with Crippen LogP contribution in [0.25, 0.3) is 0 Å². The lowest BCUT2D eigenvalue weighted by molar-refractivity contribution is 0.160. The second kappa shape index (κ2) is 6.31. The van der Waals surface area contributed by atoms with Gasteiger partial charge in [-0.2, -0.15) is 0 Å². The van der Waals surface area contributed by atoms with Crippen LogP contribution in [0.2, 0.25) is 10.0 Å². The number of aliphatic hydroxyl groups excluding tert-OH is 1. The normalized spacial score (nSPS) is 16.9. The molecule has 19 heavy (non-hydrogen) atoms. The van der Waals surface area contributed by atoms with Crippen molar-refractivity contribution in [2.75, 3.05) is 5.75 Å². The zero-order chi connectivity index (χ0) is 14.8. The molecule has 1 aromatic rings. The molecule has 0 saturated carbocycles. The molecular formula is C12H15BrCl2O3S. The third kappa shape index (κ3) is 3.27. The van der Waals surface area contributed by atoms with Gasteiger partial charge in [-0.15, -0.1) is 0 Å². The van der Waals surface area contributed by atoms with Crippen LogP contribution in [0, 0.1) is 0 Å². The minimum atomic E-state index is -3.51. The Morgan fingerprint density at radius 2 is 1.95 bits per heavy atom. The Morgan fingerprint density at radius 1 is 1.37 bits per heavy atom. The Morgan fingerprint density at radius 3 is 2.37 bits per heavy atom. The SMILES string of the molecule is CC[C@](Br)([C@H](O)c1ccc(Cl)cc1Cl)S(=O)(=O)CC. The maximum atomic E-state index is 12.2. The summed E-state index contributed by atoms with van der Waals surface area (Å²) in [5, 5.41) is 11.1. The number of benzene rings is 1. The Balaban J connectivity index is 3.34. The fourth-order valence-corrected chi connectivity index (χ4v) is 4.61. The van der Waals surface area contributed by atoms with Gasteiger partial charge in [0.25, 0.3) is 0 Å². The maximum absolute atomic E-state index is 12.2. The zero-order valence-electron chi connectivity index (χ0n) is 10.5. The Kier molecular flexibility index (Phi) is 5.72. The van der Waals surface area contributed by atoms with E-state index in [4.69, 9.17) is 23.2 Å². The van der Waals surface area contributed by atoms with E-state index in [1.807, 2.05) is 0 Å². The molecule has 0 fully saturated rings. The number of rotatable bonds is 5. The number of hydrogen-bond acceptors (Lipinski definition) is 3. The van der Waals surface area contributed by atoms with Crippen LogP contribution in [-0.2, 0) is 9.84 Å². The molecule has 0 radical (unpaired) electrons. The van der Waals surface area contributed by atoms with Crippen LogP contribution >= 0.6 is 39.1 Å². The predicted molar refractivity (Wildman–Crippen MR) is 82.8 cm³/mol. The largest absolute Gasteiger partial charge is 0.386 e.